The van der Waals surface area contributed by atoms with Gasteiger partial charge in [0.1, 0.15) is 0 Å². The van der Waals surface area contributed by atoms with E-state index in [1.165, 1.54) is 22.3 Å². The van der Waals surface area contributed by atoms with Crippen LogP contribution in [0.15, 0.2) is 28.5 Å². The minimum absolute atomic E-state index is 0. The molecular formula is C15H18ClNOS2. The van der Waals surface area contributed by atoms with Crippen molar-refractivity contribution >= 4 is 45.6 Å². The molecule has 0 aliphatic carbocycles. The average molecular weight is 328 g/mol. The standard InChI is InChI=1S/C15H17NOS2.ClH/c1-2-4-13-11(3-1)14-12(5-10-18-15(14)19-13)16-6-8-17-9-7-16;/h1-4,12H,5-10H2;1H. The molecule has 0 saturated carbocycles. The van der Waals surface area contributed by atoms with Gasteiger partial charge in [0, 0.05) is 35.1 Å². The summed E-state index contributed by atoms with van der Waals surface area (Å²) in [6.07, 6.45) is 1.28. The van der Waals surface area contributed by atoms with Crippen molar-refractivity contribution < 1.29 is 4.74 Å². The Hall–Kier alpha value is -0.260. The molecule has 1 aromatic heterocycles. The van der Waals surface area contributed by atoms with Gasteiger partial charge < -0.3 is 4.74 Å². The van der Waals surface area contributed by atoms with Gasteiger partial charge in [-0.2, -0.15) is 0 Å². The van der Waals surface area contributed by atoms with Crippen molar-refractivity contribution in [2.24, 2.45) is 0 Å². The Bertz CT molecular complexity index is 595. The second-order valence-electron chi connectivity index (χ2n) is 5.10. The number of halogens is 1. The Morgan fingerprint density at radius 3 is 2.80 bits per heavy atom. The molecule has 20 heavy (non-hydrogen) atoms. The van der Waals surface area contributed by atoms with Crippen LogP contribution in [0.1, 0.15) is 18.0 Å². The highest BCUT2D eigenvalue weighted by Gasteiger charge is 2.30. The highest BCUT2D eigenvalue weighted by Crippen LogP contribution is 2.48. The Balaban J connectivity index is 0.00000121. The summed E-state index contributed by atoms with van der Waals surface area (Å²) < 4.78 is 8.49. The average Bonchev–Trinajstić information content (AvgIpc) is 2.86. The van der Waals surface area contributed by atoms with E-state index in [1.54, 1.807) is 9.77 Å². The number of hydrogen-bond acceptors (Lipinski definition) is 4. The molecule has 1 aromatic carbocycles. The molecular weight excluding hydrogens is 310 g/mol. The largest absolute Gasteiger partial charge is 0.379 e. The molecule has 2 aliphatic rings. The van der Waals surface area contributed by atoms with Gasteiger partial charge in [0.05, 0.1) is 17.4 Å². The normalized spacial score (nSPS) is 23.3. The molecule has 0 N–H and O–H groups in total. The molecule has 0 bridgehead atoms. The summed E-state index contributed by atoms with van der Waals surface area (Å²) in [6, 6.07) is 9.49. The van der Waals surface area contributed by atoms with Crippen LogP contribution >= 0.6 is 35.5 Å². The Kier molecular flexibility index (Phi) is 4.58. The van der Waals surface area contributed by atoms with E-state index in [0.29, 0.717) is 6.04 Å². The maximum absolute atomic E-state index is 5.50. The van der Waals surface area contributed by atoms with Gasteiger partial charge in [0.2, 0.25) is 0 Å². The van der Waals surface area contributed by atoms with Crippen molar-refractivity contribution in [2.75, 3.05) is 32.1 Å². The molecule has 5 heteroatoms. The van der Waals surface area contributed by atoms with Gasteiger partial charge in [-0.3, -0.25) is 4.90 Å². The first-order chi connectivity index (χ1) is 9.43. The van der Waals surface area contributed by atoms with Gasteiger partial charge in [0.25, 0.3) is 0 Å². The van der Waals surface area contributed by atoms with Crippen molar-refractivity contribution in [1.82, 2.24) is 4.90 Å². The van der Waals surface area contributed by atoms with Crippen LogP contribution in [-0.2, 0) is 4.74 Å². The van der Waals surface area contributed by atoms with E-state index in [-0.39, 0.29) is 12.4 Å². The van der Waals surface area contributed by atoms with Gasteiger partial charge in [-0.15, -0.1) is 35.5 Å². The quantitative estimate of drug-likeness (QED) is 0.779. The molecule has 0 spiro atoms. The van der Waals surface area contributed by atoms with E-state index < -0.39 is 0 Å². The molecule has 1 unspecified atom stereocenters. The molecule has 2 aromatic rings. The lowest BCUT2D eigenvalue weighted by Crippen LogP contribution is -2.39. The van der Waals surface area contributed by atoms with Crippen molar-refractivity contribution in [3.05, 3.63) is 29.8 Å². The number of thiophene rings is 1. The van der Waals surface area contributed by atoms with E-state index in [4.69, 9.17) is 4.74 Å². The van der Waals surface area contributed by atoms with Gasteiger partial charge >= 0.3 is 0 Å². The molecule has 1 fully saturated rings. The Morgan fingerprint density at radius 1 is 1.15 bits per heavy atom. The van der Waals surface area contributed by atoms with Gasteiger partial charge in [0.15, 0.2) is 0 Å². The van der Waals surface area contributed by atoms with Gasteiger partial charge in [-0.05, 0) is 17.9 Å². The lowest BCUT2D eigenvalue weighted by atomic mass is 10.0. The minimum atomic E-state index is 0. The fourth-order valence-electron chi connectivity index (χ4n) is 3.13. The van der Waals surface area contributed by atoms with Gasteiger partial charge in [-0.25, -0.2) is 0 Å². The molecule has 0 amide bonds. The summed E-state index contributed by atoms with van der Waals surface area (Å²) in [4.78, 5) is 2.63. The molecule has 3 heterocycles. The number of hydrogen-bond donors (Lipinski definition) is 0. The van der Waals surface area contributed by atoms with Crippen LogP contribution in [-0.4, -0.2) is 37.0 Å². The molecule has 108 valence electrons. The lowest BCUT2D eigenvalue weighted by Gasteiger charge is -2.36. The van der Waals surface area contributed by atoms with Crippen molar-refractivity contribution in [1.29, 1.82) is 0 Å². The third-order valence-corrected chi connectivity index (χ3v) is 6.55. The van der Waals surface area contributed by atoms with Crippen molar-refractivity contribution in [3.8, 4) is 0 Å². The Morgan fingerprint density at radius 2 is 1.95 bits per heavy atom. The summed E-state index contributed by atoms with van der Waals surface area (Å²) in [5, 5.41) is 1.48. The topological polar surface area (TPSA) is 12.5 Å². The molecule has 1 atom stereocenters. The van der Waals surface area contributed by atoms with Crippen molar-refractivity contribution in [2.45, 2.75) is 16.7 Å². The summed E-state index contributed by atoms with van der Waals surface area (Å²) in [7, 11) is 0. The third-order valence-electron chi connectivity index (χ3n) is 4.04. The second-order valence-corrected chi connectivity index (χ2v) is 7.52. The van der Waals surface area contributed by atoms with E-state index in [9.17, 15) is 0 Å². The predicted molar refractivity (Wildman–Crippen MR) is 89.5 cm³/mol. The number of ether oxygens (including phenoxy) is 1. The summed E-state index contributed by atoms with van der Waals surface area (Å²) >= 11 is 4.02. The van der Waals surface area contributed by atoms with Crippen LogP contribution in [0.2, 0.25) is 0 Å². The zero-order valence-electron chi connectivity index (χ0n) is 11.2. The Labute approximate surface area is 133 Å². The molecule has 4 rings (SSSR count). The predicted octanol–water partition coefficient (Wildman–Crippen LogP) is 4.19. The van der Waals surface area contributed by atoms with E-state index >= 15 is 0 Å². The van der Waals surface area contributed by atoms with Gasteiger partial charge in [-0.1, -0.05) is 18.2 Å². The van der Waals surface area contributed by atoms with E-state index in [0.717, 1.165) is 26.3 Å². The van der Waals surface area contributed by atoms with Crippen LogP contribution in [0.25, 0.3) is 10.1 Å². The van der Waals surface area contributed by atoms with Crippen molar-refractivity contribution in [3.63, 3.8) is 0 Å². The number of rotatable bonds is 1. The summed E-state index contributed by atoms with van der Waals surface area (Å²) in [5.41, 5.74) is 1.60. The molecule has 2 nitrogen and oxygen atoms in total. The smallest absolute Gasteiger partial charge is 0.0659 e. The third kappa shape index (κ3) is 2.48. The second kappa shape index (κ2) is 6.24. The highest BCUT2D eigenvalue weighted by atomic mass is 35.5. The van der Waals surface area contributed by atoms with Crippen LogP contribution in [0.3, 0.4) is 0 Å². The first-order valence-corrected chi connectivity index (χ1v) is 8.70. The number of morpholine rings is 1. The summed E-state index contributed by atoms with van der Waals surface area (Å²) in [5.74, 6) is 1.25. The molecule has 1 saturated heterocycles. The first kappa shape index (κ1) is 14.7. The summed E-state index contributed by atoms with van der Waals surface area (Å²) in [6.45, 7) is 3.94. The monoisotopic (exact) mass is 327 g/mol. The maximum atomic E-state index is 5.50. The van der Waals surface area contributed by atoms with E-state index in [2.05, 4.69) is 29.2 Å². The SMILES string of the molecule is Cl.c1ccc2c3c(sc2c1)SCCC3N1CCOCC1. The highest BCUT2D eigenvalue weighted by molar-refractivity contribution is 8.01. The fourth-order valence-corrected chi connectivity index (χ4v) is 5.80. The van der Waals surface area contributed by atoms with E-state index in [1.807, 2.05) is 23.1 Å². The zero-order chi connectivity index (χ0) is 12.7. The number of nitrogens with zero attached hydrogens (tertiary/aromatic N) is 1. The maximum Gasteiger partial charge on any atom is 0.0659 e. The molecule has 2 aliphatic heterocycles. The number of benzene rings is 1. The number of fused-ring (bicyclic) bond motifs is 3. The minimum Gasteiger partial charge on any atom is -0.379 e. The van der Waals surface area contributed by atoms with Crippen LogP contribution in [0.5, 0.6) is 0 Å². The zero-order valence-corrected chi connectivity index (χ0v) is 13.7. The first-order valence-electron chi connectivity index (χ1n) is 6.89. The fraction of sp³-hybridized carbons (Fsp3) is 0.467. The molecule has 0 radical (unpaired) electrons. The van der Waals surface area contributed by atoms with Crippen LogP contribution in [0, 0.1) is 0 Å². The lowest BCUT2D eigenvalue weighted by molar-refractivity contribution is 0.0150. The number of thioether (sulfide) groups is 1. The van der Waals surface area contributed by atoms with Crippen LogP contribution < -0.4 is 0 Å². The van der Waals surface area contributed by atoms with Crippen LogP contribution in [0.4, 0.5) is 0 Å².